The molecule has 2 aromatic carbocycles. The van der Waals surface area contributed by atoms with E-state index in [2.05, 4.69) is 37.1 Å². The number of amides is 2. The third-order valence-electron chi connectivity index (χ3n) is 5.64. The number of rotatable bonds is 13. The molecule has 13 nitrogen and oxygen atoms in total. The number of esters is 1. The van der Waals surface area contributed by atoms with E-state index in [4.69, 9.17) is 28.9 Å². The van der Waals surface area contributed by atoms with Crippen LogP contribution in [0.2, 0.25) is 0 Å². The van der Waals surface area contributed by atoms with Crippen LogP contribution < -0.4 is 35.0 Å². The Labute approximate surface area is 245 Å². The number of carbonyl (C=O) groups is 2. The SMILES string of the molecule is CCOc1cc([C@@H]2NC(=O)NC(C)=C2C(=O)OC)ccc1OC[C@@H](O)N/N=C\c1cc(Br)c(OCC#N)c(OC)c1. The van der Waals surface area contributed by atoms with E-state index in [1.165, 1.54) is 20.4 Å². The number of hydrogen-bond acceptors (Lipinski definition) is 11. The van der Waals surface area contributed by atoms with Crippen LogP contribution in [0.15, 0.2) is 51.2 Å². The van der Waals surface area contributed by atoms with Gasteiger partial charge in [-0.15, -0.1) is 0 Å². The molecule has 0 aliphatic carbocycles. The van der Waals surface area contributed by atoms with Gasteiger partial charge in [-0.05, 0) is 65.2 Å². The fourth-order valence-electron chi connectivity index (χ4n) is 3.88. The Morgan fingerprint density at radius 1 is 1.22 bits per heavy atom. The number of benzene rings is 2. The van der Waals surface area contributed by atoms with E-state index < -0.39 is 24.3 Å². The summed E-state index contributed by atoms with van der Waals surface area (Å²) in [6.07, 6.45) is 0.288. The molecule has 1 aliphatic rings. The van der Waals surface area contributed by atoms with Crippen LogP contribution in [0.5, 0.6) is 23.0 Å². The number of aliphatic hydroxyl groups excluding tert-OH is 1. The highest BCUT2D eigenvalue weighted by molar-refractivity contribution is 9.10. The molecule has 0 aromatic heterocycles. The number of nitrogens with zero attached hydrogens (tertiary/aromatic N) is 2. The summed E-state index contributed by atoms with van der Waals surface area (Å²) in [7, 11) is 2.74. The first kappa shape index (κ1) is 31.1. The lowest BCUT2D eigenvalue weighted by Crippen LogP contribution is -2.45. The van der Waals surface area contributed by atoms with Gasteiger partial charge < -0.3 is 39.4 Å². The second-order valence-corrected chi connectivity index (χ2v) is 9.25. The molecule has 3 rings (SSSR count). The summed E-state index contributed by atoms with van der Waals surface area (Å²) >= 11 is 3.38. The van der Waals surface area contributed by atoms with E-state index >= 15 is 0 Å². The average Bonchev–Trinajstić information content (AvgIpc) is 2.95. The van der Waals surface area contributed by atoms with Gasteiger partial charge in [0.25, 0.3) is 0 Å². The Hall–Kier alpha value is -4.48. The zero-order chi connectivity index (χ0) is 29.9. The monoisotopic (exact) mass is 631 g/mol. The summed E-state index contributed by atoms with van der Waals surface area (Å²) in [5, 5.41) is 28.5. The van der Waals surface area contributed by atoms with E-state index in [1.807, 2.05) is 6.07 Å². The largest absolute Gasteiger partial charge is 0.493 e. The summed E-state index contributed by atoms with van der Waals surface area (Å²) in [6.45, 7) is 3.42. The summed E-state index contributed by atoms with van der Waals surface area (Å²) in [5.74, 6) is 0.898. The topological polar surface area (TPSA) is 173 Å². The van der Waals surface area contributed by atoms with Gasteiger partial charge in [-0.2, -0.15) is 10.4 Å². The van der Waals surface area contributed by atoms with Crippen LogP contribution >= 0.6 is 15.9 Å². The van der Waals surface area contributed by atoms with E-state index in [9.17, 15) is 14.7 Å². The number of nitriles is 1. The van der Waals surface area contributed by atoms with Crippen molar-refractivity contribution in [3.8, 4) is 29.1 Å². The molecule has 2 aromatic rings. The standard InChI is InChI=1S/C27H30BrN5O8/c1-5-39-20-12-17(24-23(26(35)38-4)15(2)31-27(36)32-24)6-7-19(20)41-14-22(34)33-30-13-16-10-18(28)25(40-9-8-29)21(11-16)37-3/h6-7,10-13,22,24,33-34H,5,9,14H2,1-4H3,(H2,31,32,36)/b30-13-/t22-,24+/m1/s1. The Morgan fingerprint density at radius 3 is 2.68 bits per heavy atom. The van der Waals surface area contributed by atoms with Gasteiger partial charge in [-0.25, -0.2) is 9.59 Å². The van der Waals surface area contributed by atoms with Crippen molar-refractivity contribution in [1.29, 1.82) is 5.26 Å². The van der Waals surface area contributed by atoms with Gasteiger partial charge in [0.1, 0.15) is 12.7 Å². The van der Waals surface area contributed by atoms with Crippen molar-refractivity contribution in [3.05, 3.63) is 57.2 Å². The predicted molar refractivity (Wildman–Crippen MR) is 151 cm³/mol. The predicted octanol–water partition coefficient (Wildman–Crippen LogP) is 2.88. The van der Waals surface area contributed by atoms with Crippen molar-refractivity contribution in [2.75, 3.05) is 34.0 Å². The zero-order valence-electron chi connectivity index (χ0n) is 22.8. The fraction of sp³-hybridized carbons (Fsp3) is 0.333. The zero-order valence-corrected chi connectivity index (χ0v) is 24.4. The van der Waals surface area contributed by atoms with Crippen molar-refractivity contribution in [2.24, 2.45) is 5.10 Å². The molecule has 2 atom stereocenters. The first-order valence-corrected chi connectivity index (χ1v) is 13.1. The highest BCUT2D eigenvalue weighted by atomic mass is 79.9. The van der Waals surface area contributed by atoms with Crippen LogP contribution in [-0.2, 0) is 9.53 Å². The van der Waals surface area contributed by atoms with Gasteiger partial charge in [0.2, 0.25) is 0 Å². The molecule has 2 amide bonds. The molecular formula is C27H30BrN5O8. The van der Waals surface area contributed by atoms with Crippen LogP contribution in [0.25, 0.3) is 0 Å². The molecule has 14 heteroatoms. The van der Waals surface area contributed by atoms with E-state index in [-0.39, 0.29) is 18.8 Å². The molecule has 0 unspecified atom stereocenters. The van der Waals surface area contributed by atoms with E-state index in [0.29, 0.717) is 50.9 Å². The third kappa shape index (κ3) is 8.03. The molecule has 0 saturated carbocycles. The van der Waals surface area contributed by atoms with Crippen LogP contribution in [0, 0.1) is 11.3 Å². The number of ether oxygens (including phenoxy) is 5. The smallest absolute Gasteiger partial charge is 0.337 e. The number of nitrogens with one attached hydrogen (secondary N) is 3. The number of allylic oxidation sites excluding steroid dienone is 1. The molecule has 218 valence electrons. The van der Waals surface area contributed by atoms with Gasteiger partial charge in [-0.3, -0.25) is 5.43 Å². The van der Waals surface area contributed by atoms with Crippen molar-refractivity contribution in [2.45, 2.75) is 26.1 Å². The van der Waals surface area contributed by atoms with Crippen molar-refractivity contribution in [3.63, 3.8) is 0 Å². The number of carbonyl (C=O) groups excluding carboxylic acids is 2. The maximum absolute atomic E-state index is 12.4. The van der Waals surface area contributed by atoms with Crippen LogP contribution in [0.4, 0.5) is 4.79 Å². The van der Waals surface area contributed by atoms with Gasteiger partial charge in [0.15, 0.2) is 35.8 Å². The Balaban J connectivity index is 1.69. The Morgan fingerprint density at radius 2 is 2.00 bits per heavy atom. The number of methoxy groups -OCH3 is 2. The number of urea groups is 1. The van der Waals surface area contributed by atoms with Crippen LogP contribution in [0.3, 0.4) is 0 Å². The summed E-state index contributed by atoms with van der Waals surface area (Å²) < 4.78 is 27.6. The molecule has 0 saturated heterocycles. The lowest BCUT2D eigenvalue weighted by Gasteiger charge is -2.28. The van der Waals surface area contributed by atoms with Crippen LogP contribution in [-0.4, -0.2) is 63.6 Å². The first-order valence-electron chi connectivity index (χ1n) is 12.3. The lowest BCUT2D eigenvalue weighted by atomic mass is 9.95. The fourth-order valence-corrected chi connectivity index (χ4v) is 4.45. The first-order chi connectivity index (χ1) is 19.7. The number of halogens is 1. The second-order valence-electron chi connectivity index (χ2n) is 8.40. The molecule has 41 heavy (non-hydrogen) atoms. The quantitative estimate of drug-likeness (QED) is 0.111. The Bertz CT molecular complexity index is 1370. The molecule has 0 spiro atoms. The molecule has 1 aliphatic heterocycles. The minimum Gasteiger partial charge on any atom is -0.493 e. The number of hydrazone groups is 1. The molecule has 4 N–H and O–H groups in total. The summed E-state index contributed by atoms with van der Waals surface area (Å²) in [4.78, 5) is 24.5. The minimum atomic E-state index is -1.18. The van der Waals surface area contributed by atoms with Crippen molar-refractivity contribution >= 4 is 34.1 Å². The molecule has 0 radical (unpaired) electrons. The van der Waals surface area contributed by atoms with Crippen molar-refractivity contribution in [1.82, 2.24) is 16.1 Å². The van der Waals surface area contributed by atoms with Gasteiger partial charge in [0.05, 0.1) is 43.1 Å². The maximum atomic E-state index is 12.4. The highest BCUT2D eigenvalue weighted by Crippen LogP contribution is 2.37. The van der Waals surface area contributed by atoms with Crippen molar-refractivity contribution < 1.29 is 38.4 Å². The molecule has 0 bridgehead atoms. The van der Waals surface area contributed by atoms with E-state index in [1.54, 1.807) is 44.2 Å². The normalized spacial score (nSPS) is 15.3. The van der Waals surface area contributed by atoms with Gasteiger partial charge >= 0.3 is 12.0 Å². The van der Waals surface area contributed by atoms with Crippen LogP contribution in [0.1, 0.15) is 31.0 Å². The summed E-state index contributed by atoms with van der Waals surface area (Å²) in [5.41, 5.74) is 4.42. The number of aliphatic hydroxyl groups is 1. The third-order valence-corrected chi connectivity index (χ3v) is 6.23. The molecule has 0 fully saturated rings. The van der Waals surface area contributed by atoms with Gasteiger partial charge in [-0.1, -0.05) is 6.07 Å². The Kier molecular flexibility index (Phi) is 11.2. The van der Waals surface area contributed by atoms with E-state index in [0.717, 1.165) is 0 Å². The maximum Gasteiger partial charge on any atom is 0.337 e. The summed E-state index contributed by atoms with van der Waals surface area (Å²) in [6, 6.07) is 9.00. The molecular weight excluding hydrogens is 602 g/mol. The van der Waals surface area contributed by atoms with Gasteiger partial charge in [0, 0.05) is 5.70 Å². The average molecular weight is 632 g/mol. The molecule has 1 heterocycles. The number of hydrogen-bond donors (Lipinski definition) is 4. The second kappa shape index (κ2) is 14.8. The highest BCUT2D eigenvalue weighted by Gasteiger charge is 2.32. The lowest BCUT2D eigenvalue weighted by molar-refractivity contribution is -0.136. The minimum absolute atomic E-state index is 0.135.